The second-order valence-electron chi connectivity index (χ2n) is 17.9. The number of hydrogen-bond donors (Lipinski definition) is 1. The Bertz CT molecular complexity index is 3380. The smallest absolute Gasteiger partial charge is 0.305 e. The van der Waals surface area contributed by atoms with Crippen LogP contribution in [0.25, 0.3) is 0 Å². The molecule has 6 aliphatic heterocycles. The molecule has 4 atom stereocenters. The molecule has 6 aliphatic rings. The fourth-order valence-electron chi connectivity index (χ4n) is 10.6. The number of esters is 1. The molecule has 4 aromatic carbocycles. The van der Waals surface area contributed by atoms with Crippen molar-refractivity contribution >= 4 is 41.3 Å². The lowest BCUT2D eigenvalue weighted by molar-refractivity contribution is -0.147. The number of nitrogens with zero attached hydrogens (tertiary/aromatic N) is 6. The van der Waals surface area contributed by atoms with Crippen LogP contribution in [-0.2, 0) is 25.8 Å². The van der Waals surface area contributed by atoms with Crippen LogP contribution < -0.4 is 25.6 Å². The average Bonchev–Trinajstić information content (AvgIpc) is 3.67. The van der Waals surface area contributed by atoms with Crippen LogP contribution in [0.5, 0.6) is 11.5 Å². The quantitative estimate of drug-likeness (QED) is 0.104. The Labute approximate surface area is 422 Å². The Kier molecular flexibility index (Phi) is 12.7. The topological polar surface area (TPSA) is 156 Å². The maximum atomic E-state index is 15.3. The number of aromatic nitrogens is 2. The van der Waals surface area contributed by atoms with E-state index in [1.54, 1.807) is 26.6 Å². The molecule has 21 heteroatoms. The predicted octanol–water partition coefficient (Wildman–Crippen LogP) is 7.30. The molecule has 2 saturated heterocycles. The van der Waals surface area contributed by atoms with Crippen LogP contribution in [0.15, 0.2) is 117 Å². The number of pyridine rings is 2. The van der Waals surface area contributed by atoms with Crippen molar-refractivity contribution in [1.29, 1.82) is 0 Å². The van der Waals surface area contributed by atoms with E-state index in [9.17, 15) is 37.9 Å². The normalized spacial score (nSPS) is 20.5. The molecule has 2 fully saturated rings. The number of amides is 2. The van der Waals surface area contributed by atoms with E-state index in [0.29, 0.717) is 30.7 Å². The van der Waals surface area contributed by atoms with Crippen molar-refractivity contribution in [2.75, 3.05) is 43.1 Å². The molecule has 376 valence electrons. The van der Waals surface area contributed by atoms with Gasteiger partial charge in [0, 0.05) is 77.0 Å². The summed E-state index contributed by atoms with van der Waals surface area (Å²) in [5, 5.41) is 14.4. The van der Waals surface area contributed by atoms with Gasteiger partial charge >= 0.3 is 5.97 Å². The molecule has 0 radical (unpaired) electrons. The number of carbonyl (C=O) groups is 3. The van der Waals surface area contributed by atoms with Crippen molar-refractivity contribution in [1.82, 2.24) is 19.2 Å². The predicted molar refractivity (Wildman–Crippen MR) is 259 cm³/mol. The van der Waals surface area contributed by atoms with Crippen LogP contribution in [0.3, 0.4) is 0 Å². The number of thioether (sulfide) groups is 2. The molecule has 0 saturated carbocycles. The maximum Gasteiger partial charge on any atom is 0.305 e. The van der Waals surface area contributed by atoms with Crippen LogP contribution in [0.1, 0.15) is 92.6 Å². The number of rotatable bonds is 5. The highest BCUT2D eigenvalue weighted by Gasteiger charge is 2.48. The van der Waals surface area contributed by atoms with Gasteiger partial charge < -0.3 is 29.1 Å². The molecule has 73 heavy (non-hydrogen) atoms. The fraction of sp³-hybridized carbons (Fsp3) is 0.288. The van der Waals surface area contributed by atoms with Gasteiger partial charge in [0.15, 0.2) is 40.4 Å². The molecule has 12 rings (SSSR count). The molecule has 0 aliphatic carbocycles. The lowest BCUT2D eigenvalue weighted by atomic mass is 9.92. The van der Waals surface area contributed by atoms with Gasteiger partial charge in [0.2, 0.25) is 23.4 Å². The van der Waals surface area contributed by atoms with Gasteiger partial charge in [-0.25, -0.2) is 17.6 Å². The highest BCUT2D eigenvalue weighted by atomic mass is 32.2. The highest BCUT2D eigenvalue weighted by Crippen LogP contribution is 2.48. The first-order chi connectivity index (χ1) is 35.3. The maximum absolute atomic E-state index is 15.3. The van der Waals surface area contributed by atoms with E-state index < -0.39 is 83.0 Å². The summed E-state index contributed by atoms with van der Waals surface area (Å²) in [4.78, 5) is 68.7. The molecule has 6 aromatic rings. The van der Waals surface area contributed by atoms with Gasteiger partial charge in [0.05, 0.1) is 25.3 Å². The van der Waals surface area contributed by atoms with E-state index in [-0.39, 0.29) is 58.8 Å². The first-order valence-electron chi connectivity index (χ1n) is 23.4. The standard InChI is InChI=1S/C28H25F2N3O5S.C24H19F2N3O4S/c1-16(34)37-15-38-27-21(35)11-13-32-26(27)28(36)31-12-5-4-8-23(31)33(32)25-17-9-10-20(29)24(30)19(17)14-39-22-7-3-2-6-18(22)25;25-16-6-5-13-15(20(16)26)12-34-18-4-2-1-3-14(18)21(13)29-19-11-33-10-9-27(19)24(32)22-23(31)17(30)7-8-28(22)29/h2-3,6-7,9-11,13,23,25H,4-5,8,12,14-15H2,1H3;1-8,19,21,31H,9-12H2/t23-,25+;19-,21+/m11/s1. The molecule has 1 N–H and O–H groups in total. The van der Waals surface area contributed by atoms with Crippen molar-refractivity contribution < 1.29 is 51.3 Å². The number of morpholine rings is 1. The fourth-order valence-corrected chi connectivity index (χ4v) is 12.9. The van der Waals surface area contributed by atoms with Crippen molar-refractivity contribution in [3.05, 3.63) is 186 Å². The number of ether oxygens (including phenoxy) is 3. The zero-order valence-electron chi connectivity index (χ0n) is 38.8. The minimum atomic E-state index is -0.929. The molecule has 15 nitrogen and oxygen atoms in total. The summed E-state index contributed by atoms with van der Waals surface area (Å²) in [5.41, 5.74) is 1.95. The van der Waals surface area contributed by atoms with E-state index >= 15 is 8.78 Å². The van der Waals surface area contributed by atoms with Crippen LogP contribution in [-0.4, -0.2) is 87.5 Å². The monoisotopic (exact) mass is 1040 g/mol. The molecule has 0 unspecified atom stereocenters. The van der Waals surface area contributed by atoms with Crippen LogP contribution >= 0.6 is 23.5 Å². The van der Waals surface area contributed by atoms with E-state index in [0.717, 1.165) is 45.9 Å². The Balaban J connectivity index is 0.000000159. The Morgan fingerprint density at radius 1 is 0.671 bits per heavy atom. The number of aromatic hydroxyl groups is 1. The zero-order chi connectivity index (χ0) is 50.8. The minimum absolute atomic E-state index is 0.00804. The number of fused-ring (bicyclic) bond motifs is 8. The average molecular weight is 1040 g/mol. The molecule has 8 heterocycles. The third kappa shape index (κ3) is 8.17. The Hall–Kier alpha value is -7.23. The van der Waals surface area contributed by atoms with Crippen molar-refractivity contribution in [3.8, 4) is 11.5 Å². The Morgan fingerprint density at radius 2 is 1.22 bits per heavy atom. The minimum Gasteiger partial charge on any atom is -0.502 e. The van der Waals surface area contributed by atoms with E-state index in [1.807, 2.05) is 58.5 Å². The molecule has 0 spiro atoms. The van der Waals surface area contributed by atoms with Gasteiger partial charge in [-0.1, -0.05) is 48.5 Å². The van der Waals surface area contributed by atoms with Crippen LogP contribution in [0.2, 0.25) is 0 Å². The molecule has 2 aromatic heterocycles. The van der Waals surface area contributed by atoms with E-state index in [4.69, 9.17) is 14.2 Å². The van der Waals surface area contributed by atoms with E-state index in [2.05, 4.69) is 0 Å². The summed E-state index contributed by atoms with van der Waals surface area (Å²) < 4.78 is 78.2. The summed E-state index contributed by atoms with van der Waals surface area (Å²) in [6.45, 7) is 1.87. The summed E-state index contributed by atoms with van der Waals surface area (Å²) >= 11 is 2.83. The zero-order valence-corrected chi connectivity index (χ0v) is 40.5. The first-order valence-corrected chi connectivity index (χ1v) is 25.4. The van der Waals surface area contributed by atoms with Gasteiger partial charge in [0.1, 0.15) is 12.3 Å². The van der Waals surface area contributed by atoms with Crippen molar-refractivity contribution in [2.45, 2.75) is 71.9 Å². The second kappa shape index (κ2) is 19.3. The highest BCUT2D eigenvalue weighted by molar-refractivity contribution is 7.98. The lowest BCUT2D eigenvalue weighted by Gasteiger charge is -2.52. The van der Waals surface area contributed by atoms with Crippen molar-refractivity contribution in [3.63, 3.8) is 0 Å². The van der Waals surface area contributed by atoms with Gasteiger partial charge in [0.25, 0.3) is 11.8 Å². The number of piperidine rings is 1. The van der Waals surface area contributed by atoms with Gasteiger partial charge in [-0.15, -0.1) is 23.5 Å². The van der Waals surface area contributed by atoms with Crippen molar-refractivity contribution in [2.24, 2.45) is 0 Å². The summed E-state index contributed by atoms with van der Waals surface area (Å²) in [7, 11) is 0. The lowest BCUT2D eigenvalue weighted by Crippen LogP contribution is -2.66. The van der Waals surface area contributed by atoms with Gasteiger partial charge in [-0.3, -0.25) is 43.3 Å². The van der Waals surface area contributed by atoms with Gasteiger partial charge in [-0.05, 0) is 65.8 Å². The van der Waals surface area contributed by atoms with Gasteiger partial charge in [-0.2, -0.15) is 0 Å². The summed E-state index contributed by atoms with van der Waals surface area (Å²) in [6, 6.07) is 21.9. The SMILES string of the molecule is CC(=O)OCOc1c2n(ccc1=O)N([C@@H]1c3ccccc3SCc3c1ccc(F)c3F)[C@@H]1CCCCN1C2=O.O=C1c2c(O)c(=O)ccn2N([C@@H]2c3ccccc3SCc3c2ccc(F)c3F)[C@@H]2COCCN12. The number of benzene rings is 4. The third-order valence-corrected chi connectivity index (χ3v) is 16.1. The third-order valence-electron chi connectivity index (χ3n) is 13.9. The first kappa shape index (κ1) is 48.1. The largest absolute Gasteiger partial charge is 0.502 e. The van der Waals surface area contributed by atoms with Crippen LogP contribution in [0, 0.1) is 23.3 Å². The molecule has 2 amide bonds. The summed E-state index contributed by atoms with van der Waals surface area (Å²) in [5.74, 6) is -5.53. The number of hydrogen-bond acceptors (Lipinski definition) is 13. The molecular formula is C52H44F4N6O9S2. The Morgan fingerprint density at radius 3 is 1.84 bits per heavy atom. The molecule has 0 bridgehead atoms. The number of carbonyl (C=O) groups excluding carboxylic acids is 3. The molecular weight excluding hydrogens is 993 g/mol. The van der Waals surface area contributed by atoms with E-state index in [1.165, 1.54) is 59.7 Å². The number of halogens is 4. The second-order valence-corrected chi connectivity index (χ2v) is 20.0. The summed E-state index contributed by atoms with van der Waals surface area (Å²) in [6.07, 6.45) is 4.23. The van der Waals surface area contributed by atoms with Crippen LogP contribution in [0.4, 0.5) is 17.6 Å².